The van der Waals surface area contributed by atoms with E-state index in [0.717, 1.165) is 12.4 Å². The fourth-order valence-corrected chi connectivity index (χ4v) is 1.84. The summed E-state index contributed by atoms with van der Waals surface area (Å²) in [6, 6.07) is 0. The summed E-state index contributed by atoms with van der Waals surface area (Å²) < 4.78 is 25.4. The van der Waals surface area contributed by atoms with E-state index in [4.69, 9.17) is 11.6 Å². The lowest BCUT2D eigenvalue weighted by Gasteiger charge is -2.05. The highest BCUT2D eigenvalue weighted by atomic mass is 32.2. The van der Waals surface area contributed by atoms with Crippen molar-refractivity contribution >= 4 is 21.9 Å². The van der Waals surface area contributed by atoms with E-state index in [1.54, 1.807) is 0 Å². The number of sulfonamides is 1. The molecule has 0 aliphatic heterocycles. The zero-order valence-corrected chi connectivity index (χ0v) is 9.57. The van der Waals surface area contributed by atoms with Crippen LogP contribution in [0.5, 0.6) is 0 Å². The maximum absolute atomic E-state index is 11.6. The maximum Gasteiger partial charge on any atom is 0.243 e. The van der Waals surface area contributed by atoms with Gasteiger partial charge in [0.15, 0.2) is 0 Å². The number of carbonyl (C=O) groups is 1. The van der Waals surface area contributed by atoms with Crippen molar-refractivity contribution in [2.45, 2.75) is 11.3 Å². The van der Waals surface area contributed by atoms with Crippen LogP contribution in [-0.4, -0.2) is 30.8 Å². The molecule has 9 nitrogen and oxygen atoms in total. The Morgan fingerprint density at radius 2 is 1.94 bits per heavy atom. The summed E-state index contributed by atoms with van der Waals surface area (Å²) in [4.78, 5) is 17.6. The maximum atomic E-state index is 11.6. The van der Waals surface area contributed by atoms with Crippen molar-refractivity contribution in [1.82, 2.24) is 14.7 Å². The van der Waals surface area contributed by atoms with Crippen LogP contribution in [0.2, 0.25) is 0 Å². The molecule has 0 unspecified atom stereocenters. The van der Waals surface area contributed by atoms with Gasteiger partial charge in [0.1, 0.15) is 4.90 Å². The summed E-state index contributed by atoms with van der Waals surface area (Å²) >= 11 is 0. The number of nitrogens with one attached hydrogen (secondary N) is 2. The number of nitrogens with two attached hydrogens (primary N) is 2. The van der Waals surface area contributed by atoms with Crippen molar-refractivity contribution in [1.29, 1.82) is 0 Å². The van der Waals surface area contributed by atoms with E-state index in [9.17, 15) is 13.2 Å². The lowest BCUT2D eigenvalue weighted by atomic mass is 10.4. The fraction of sp³-hybridized carbons (Fsp3) is 0.286. The number of carbonyl (C=O) groups excluding carboxylic acids is 1. The monoisotopic (exact) mass is 260 g/mol. The minimum absolute atomic E-state index is 0.0748. The molecule has 94 valence electrons. The van der Waals surface area contributed by atoms with Crippen molar-refractivity contribution < 1.29 is 13.2 Å². The molecule has 0 aromatic carbocycles. The number of nitrogens with zero attached hydrogens (tertiary/aromatic N) is 2. The molecule has 1 aromatic rings. The molecule has 0 aliphatic carbocycles. The Labute approximate surface area is 97.6 Å². The smallest absolute Gasteiger partial charge is 0.243 e. The van der Waals surface area contributed by atoms with Gasteiger partial charge in [-0.1, -0.05) is 0 Å². The molecule has 0 fully saturated rings. The number of amides is 1. The predicted octanol–water partition coefficient (Wildman–Crippen LogP) is -2.08. The average molecular weight is 260 g/mol. The normalized spacial score (nSPS) is 11.1. The van der Waals surface area contributed by atoms with E-state index >= 15 is 0 Å². The molecule has 0 bridgehead atoms. The molecule has 1 heterocycles. The average Bonchev–Trinajstić information content (AvgIpc) is 2.28. The lowest BCUT2D eigenvalue weighted by Crippen LogP contribution is -2.28. The second-order valence-corrected chi connectivity index (χ2v) is 4.77. The number of aromatic nitrogens is 2. The van der Waals surface area contributed by atoms with Gasteiger partial charge in [-0.3, -0.25) is 10.2 Å². The SMILES string of the molecule is NNc1ncc(S(=O)(=O)NCCC(N)=O)cn1. The summed E-state index contributed by atoms with van der Waals surface area (Å²) in [6.45, 7) is -0.0748. The van der Waals surface area contributed by atoms with Gasteiger partial charge in [-0.2, -0.15) is 0 Å². The first-order valence-electron chi connectivity index (χ1n) is 4.52. The van der Waals surface area contributed by atoms with Gasteiger partial charge < -0.3 is 5.73 Å². The Hall–Kier alpha value is -1.78. The number of rotatable bonds is 6. The van der Waals surface area contributed by atoms with E-state index in [1.807, 2.05) is 0 Å². The highest BCUT2D eigenvalue weighted by Gasteiger charge is 2.14. The molecule has 0 saturated heterocycles. The lowest BCUT2D eigenvalue weighted by molar-refractivity contribution is -0.117. The number of hydrogen-bond acceptors (Lipinski definition) is 7. The number of anilines is 1. The second-order valence-electron chi connectivity index (χ2n) is 3.00. The van der Waals surface area contributed by atoms with Crippen LogP contribution in [0.15, 0.2) is 17.3 Å². The van der Waals surface area contributed by atoms with Gasteiger partial charge in [0.25, 0.3) is 0 Å². The predicted molar refractivity (Wildman–Crippen MR) is 58.8 cm³/mol. The third-order valence-corrected chi connectivity index (χ3v) is 3.15. The molecule has 0 saturated carbocycles. The molecule has 17 heavy (non-hydrogen) atoms. The van der Waals surface area contributed by atoms with Crippen LogP contribution in [-0.2, 0) is 14.8 Å². The first-order chi connectivity index (χ1) is 7.95. The summed E-state index contributed by atoms with van der Waals surface area (Å²) in [5.41, 5.74) is 7.04. The van der Waals surface area contributed by atoms with Gasteiger partial charge in [0.2, 0.25) is 21.9 Å². The van der Waals surface area contributed by atoms with E-state index in [0.29, 0.717) is 0 Å². The van der Waals surface area contributed by atoms with Gasteiger partial charge in [-0.25, -0.2) is 29.0 Å². The molecule has 10 heteroatoms. The van der Waals surface area contributed by atoms with E-state index in [2.05, 4.69) is 20.1 Å². The van der Waals surface area contributed by atoms with Crippen molar-refractivity contribution in [2.75, 3.05) is 12.0 Å². The molecule has 0 radical (unpaired) electrons. The molecule has 6 N–H and O–H groups in total. The van der Waals surface area contributed by atoms with Crippen LogP contribution in [0, 0.1) is 0 Å². The van der Waals surface area contributed by atoms with Crippen molar-refractivity contribution in [3.8, 4) is 0 Å². The second kappa shape index (κ2) is 5.52. The minimum Gasteiger partial charge on any atom is -0.370 e. The number of nitrogen functional groups attached to an aromatic ring is 1. The quantitative estimate of drug-likeness (QED) is 0.338. The third-order valence-electron chi connectivity index (χ3n) is 1.73. The molecule has 1 amide bonds. The van der Waals surface area contributed by atoms with Crippen LogP contribution in [0.1, 0.15) is 6.42 Å². The van der Waals surface area contributed by atoms with Crippen molar-refractivity contribution in [3.05, 3.63) is 12.4 Å². The molecular formula is C7H12N6O3S. The van der Waals surface area contributed by atoms with Crippen LogP contribution in [0.3, 0.4) is 0 Å². The van der Waals surface area contributed by atoms with Gasteiger partial charge in [-0.05, 0) is 0 Å². The number of primary amides is 1. The van der Waals surface area contributed by atoms with Crippen LogP contribution >= 0.6 is 0 Å². The van der Waals surface area contributed by atoms with Crippen LogP contribution in [0.4, 0.5) is 5.95 Å². The zero-order chi connectivity index (χ0) is 12.9. The summed E-state index contributed by atoms with van der Waals surface area (Å²) in [5, 5.41) is 0. The number of hydrogen-bond donors (Lipinski definition) is 4. The van der Waals surface area contributed by atoms with Gasteiger partial charge in [0, 0.05) is 13.0 Å². The Kier molecular flexibility index (Phi) is 4.31. The summed E-state index contributed by atoms with van der Waals surface area (Å²) in [6.07, 6.45) is 2.10. The Balaban J connectivity index is 2.72. The Bertz CT molecular complexity index is 485. The summed E-state index contributed by atoms with van der Waals surface area (Å²) in [7, 11) is -3.73. The van der Waals surface area contributed by atoms with Crippen molar-refractivity contribution in [3.63, 3.8) is 0 Å². The molecule has 1 aromatic heterocycles. The number of hydrazine groups is 1. The molecule has 0 aliphatic rings. The van der Waals surface area contributed by atoms with Gasteiger partial charge >= 0.3 is 0 Å². The molecular weight excluding hydrogens is 248 g/mol. The van der Waals surface area contributed by atoms with Gasteiger partial charge in [-0.15, -0.1) is 0 Å². The third kappa shape index (κ3) is 3.94. The zero-order valence-electron chi connectivity index (χ0n) is 8.75. The Morgan fingerprint density at radius 3 is 2.41 bits per heavy atom. The summed E-state index contributed by atoms with van der Waals surface area (Å²) in [5.74, 6) is 4.54. The van der Waals surface area contributed by atoms with Crippen LogP contribution < -0.4 is 21.7 Å². The first kappa shape index (κ1) is 13.3. The van der Waals surface area contributed by atoms with E-state index in [1.165, 1.54) is 0 Å². The van der Waals surface area contributed by atoms with Gasteiger partial charge in [0.05, 0.1) is 12.4 Å². The highest BCUT2D eigenvalue weighted by molar-refractivity contribution is 7.89. The molecule has 1 rings (SSSR count). The minimum atomic E-state index is -3.73. The first-order valence-corrected chi connectivity index (χ1v) is 6.00. The standard InChI is InChI=1S/C7H12N6O3S/c8-6(14)1-2-12-17(15,16)5-3-10-7(13-9)11-4-5/h3-4,12H,1-2,9H2,(H2,8,14)(H,10,11,13). The highest BCUT2D eigenvalue weighted by Crippen LogP contribution is 2.06. The van der Waals surface area contributed by atoms with Crippen molar-refractivity contribution in [2.24, 2.45) is 11.6 Å². The van der Waals surface area contributed by atoms with Crippen LogP contribution in [0.25, 0.3) is 0 Å². The van der Waals surface area contributed by atoms with E-state index in [-0.39, 0.29) is 23.8 Å². The largest absolute Gasteiger partial charge is 0.370 e. The Morgan fingerprint density at radius 1 is 1.35 bits per heavy atom. The molecule has 0 spiro atoms. The topological polar surface area (TPSA) is 153 Å². The fourth-order valence-electron chi connectivity index (χ4n) is 0.921. The van der Waals surface area contributed by atoms with E-state index < -0.39 is 15.9 Å². The molecule has 0 atom stereocenters.